The summed E-state index contributed by atoms with van der Waals surface area (Å²) in [6.45, 7) is 4.45. The van der Waals surface area contributed by atoms with Crippen LogP contribution < -0.4 is 10.1 Å². The van der Waals surface area contributed by atoms with Gasteiger partial charge in [-0.05, 0) is 49.8 Å². The van der Waals surface area contributed by atoms with E-state index in [1.807, 2.05) is 19.2 Å². The number of piperidine rings is 1. The Morgan fingerprint density at radius 1 is 1.18 bits per heavy atom. The summed E-state index contributed by atoms with van der Waals surface area (Å²) in [5.74, 6) is 1.92. The van der Waals surface area contributed by atoms with Crippen molar-refractivity contribution < 1.29 is 14.2 Å². The highest BCUT2D eigenvalue weighted by Crippen LogP contribution is 2.15. The highest BCUT2D eigenvalue weighted by Gasteiger charge is 2.21. The molecule has 0 saturated carbocycles. The van der Waals surface area contributed by atoms with Gasteiger partial charge < -0.3 is 24.4 Å². The molecule has 0 amide bonds. The molecule has 1 aliphatic heterocycles. The number of benzene rings is 1. The van der Waals surface area contributed by atoms with Crippen LogP contribution in [0.3, 0.4) is 0 Å². The third-order valence-electron chi connectivity index (χ3n) is 4.86. The Kier molecular flexibility index (Phi) is 13.3. The maximum absolute atomic E-state index is 5.94. The number of likely N-dealkylation sites (tertiary alicyclic amines) is 1. The van der Waals surface area contributed by atoms with Crippen LogP contribution in [0, 0.1) is 0 Å². The predicted octanol–water partition coefficient (Wildman–Crippen LogP) is 3.34. The molecular formula is C21H36IN3O3. The van der Waals surface area contributed by atoms with E-state index in [1.54, 1.807) is 14.2 Å². The van der Waals surface area contributed by atoms with Gasteiger partial charge in [-0.15, -0.1) is 24.0 Å². The van der Waals surface area contributed by atoms with Gasteiger partial charge in [0.2, 0.25) is 0 Å². The van der Waals surface area contributed by atoms with Crippen molar-refractivity contribution in [1.29, 1.82) is 0 Å². The van der Waals surface area contributed by atoms with Gasteiger partial charge in [0.15, 0.2) is 5.96 Å². The molecule has 1 aliphatic rings. The maximum Gasteiger partial charge on any atom is 0.193 e. The molecule has 1 heterocycles. The van der Waals surface area contributed by atoms with Gasteiger partial charge >= 0.3 is 0 Å². The standard InChI is InChI=1S/C21H35N3O3.HI/c1-22-21(23-12-5-8-18-7-4-9-20(17-18)26-3)24-13-10-19(11-14-24)27-16-6-15-25-2;/h4,7,9,17,19H,5-6,8,10-16H2,1-3H3,(H,22,23);1H. The normalized spacial score (nSPS) is 15.2. The average molecular weight is 505 g/mol. The Morgan fingerprint density at radius 3 is 2.64 bits per heavy atom. The van der Waals surface area contributed by atoms with Gasteiger partial charge in [-0.2, -0.15) is 0 Å². The van der Waals surface area contributed by atoms with E-state index in [2.05, 4.69) is 27.3 Å². The molecule has 2 rings (SSSR count). The minimum atomic E-state index is 0. The molecule has 0 unspecified atom stereocenters. The minimum absolute atomic E-state index is 0. The number of aliphatic imine (C=N–C) groups is 1. The molecule has 0 radical (unpaired) electrons. The third kappa shape index (κ3) is 8.96. The first-order valence-corrected chi connectivity index (χ1v) is 9.96. The number of aryl methyl sites for hydroxylation is 1. The predicted molar refractivity (Wildman–Crippen MR) is 125 cm³/mol. The number of guanidine groups is 1. The summed E-state index contributed by atoms with van der Waals surface area (Å²) in [7, 11) is 5.30. The zero-order valence-corrected chi connectivity index (χ0v) is 19.8. The van der Waals surface area contributed by atoms with Crippen LogP contribution in [0.25, 0.3) is 0 Å². The topological polar surface area (TPSA) is 55.3 Å². The van der Waals surface area contributed by atoms with Crippen LogP contribution in [-0.2, 0) is 15.9 Å². The maximum atomic E-state index is 5.94. The molecule has 0 aromatic heterocycles. The van der Waals surface area contributed by atoms with Gasteiger partial charge in [-0.25, -0.2) is 0 Å². The SMILES string of the molecule is CN=C(NCCCc1cccc(OC)c1)N1CCC(OCCCOC)CC1.I. The van der Waals surface area contributed by atoms with Crippen LogP contribution in [0.1, 0.15) is 31.2 Å². The van der Waals surface area contributed by atoms with Gasteiger partial charge in [0, 0.05) is 47.0 Å². The van der Waals surface area contributed by atoms with E-state index in [9.17, 15) is 0 Å². The molecule has 7 heteroatoms. The second-order valence-corrected chi connectivity index (χ2v) is 6.83. The van der Waals surface area contributed by atoms with Gasteiger partial charge in [0.05, 0.1) is 13.2 Å². The van der Waals surface area contributed by atoms with E-state index in [-0.39, 0.29) is 24.0 Å². The largest absolute Gasteiger partial charge is 0.497 e. The fourth-order valence-electron chi connectivity index (χ4n) is 3.34. The highest BCUT2D eigenvalue weighted by molar-refractivity contribution is 14.0. The molecule has 1 aromatic rings. The van der Waals surface area contributed by atoms with Crippen molar-refractivity contribution in [2.75, 3.05) is 54.1 Å². The lowest BCUT2D eigenvalue weighted by Gasteiger charge is -2.34. The second-order valence-electron chi connectivity index (χ2n) is 6.83. The number of methoxy groups -OCH3 is 2. The molecule has 0 aliphatic carbocycles. The fourth-order valence-corrected chi connectivity index (χ4v) is 3.34. The highest BCUT2D eigenvalue weighted by atomic mass is 127. The number of hydrogen-bond donors (Lipinski definition) is 1. The number of nitrogens with one attached hydrogen (secondary N) is 1. The first-order valence-electron chi connectivity index (χ1n) is 9.96. The van der Waals surface area contributed by atoms with Crippen molar-refractivity contribution in [1.82, 2.24) is 10.2 Å². The molecule has 1 aromatic carbocycles. The Bertz CT molecular complexity index is 564. The fraction of sp³-hybridized carbons (Fsp3) is 0.667. The molecule has 1 saturated heterocycles. The van der Waals surface area contributed by atoms with Crippen molar-refractivity contribution >= 4 is 29.9 Å². The van der Waals surface area contributed by atoms with Gasteiger partial charge in [0.1, 0.15) is 5.75 Å². The summed E-state index contributed by atoms with van der Waals surface area (Å²) >= 11 is 0. The smallest absolute Gasteiger partial charge is 0.193 e. The summed E-state index contributed by atoms with van der Waals surface area (Å²) in [6, 6.07) is 8.28. The molecule has 0 bridgehead atoms. The van der Waals surface area contributed by atoms with Crippen molar-refractivity contribution in [3.05, 3.63) is 29.8 Å². The number of hydrogen-bond acceptors (Lipinski definition) is 4. The molecule has 0 spiro atoms. The summed E-state index contributed by atoms with van der Waals surface area (Å²) in [4.78, 5) is 6.78. The van der Waals surface area contributed by atoms with E-state index in [0.717, 1.165) is 76.7 Å². The first kappa shape index (κ1) is 25.0. The lowest BCUT2D eigenvalue weighted by Crippen LogP contribution is -2.47. The average Bonchev–Trinajstić information content (AvgIpc) is 2.72. The van der Waals surface area contributed by atoms with Crippen molar-refractivity contribution in [2.45, 2.75) is 38.2 Å². The van der Waals surface area contributed by atoms with Crippen LogP contribution in [0.2, 0.25) is 0 Å². The van der Waals surface area contributed by atoms with Crippen LogP contribution in [-0.4, -0.2) is 71.1 Å². The summed E-state index contributed by atoms with van der Waals surface area (Å²) in [5.41, 5.74) is 1.30. The number of ether oxygens (including phenoxy) is 3. The lowest BCUT2D eigenvalue weighted by molar-refractivity contribution is 0.00991. The summed E-state index contributed by atoms with van der Waals surface area (Å²) in [6.07, 6.45) is 5.52. The van der Waals surface area contributed by atoms with Crippen LogP contribution in [0.15, 0.2) is 29.3 Å². The summed E-state index contributed by atoms with van der Waals surface area (Å²) in [5, 5.41) is 3.50. The zero-order valence-electron chi connectivity index (χ0n) is 17.5. The lowest BCUT2D eigenvalue weighted by atomic mass is 10.1. The van der Waals surface area contributed by atoms with Crippen molar-refractivity contribution in [3.8, 4) is 5.75 Å². The van der Waals surface area contributed by atoms with E-state index in [1.165, 1.54) is 5.56 Å². The minimum Gasteiger partial charge on any atom is -0.497 e. The Labute approximate surface area is 187 Å². The first-order chi connectivity index (χ1) is 13.3. The number of halogens is 1. The van der Waals surface area contributed by atoms with E-state index in [0.29, 0.717) is 6.10 Å². The monoisotopic (exact) mass is 505 g/mol. The van der Waals surface area contributed by atoms with E-state index in [4.69, 9.17) is 14.2 Å². The van der Waals surface area contributed by atoms with Crippen molar-refractivity contribution in [3.63, 3.8) is 0 Å². The number of rotatable bonds is 10. The van der Waals surface area contributed by atoms with Crippen molar-refractivity contribution in [2.24, 2.45) is 4.99 Å². The van der Waals surface area contributed by atoms with Gasteiger partial charge in [-0.1, -0.05) is 12.1 Å². The van der Waals surface area contributed by atoms with Gasteiger partial charge in [-0.3, -0.25) is 4.99 Å². The molecule has 160 valence electrons. The summed E-state index contributed by atoms with van der Waals surface area (Å²) < 4.78 is 16.3. The number of nitrogens with zero attached hydrogens (tertiary/aromatic N) is 2. The third-order valence-corrected chi connectivity index (χ3v) is 4.86. The van der Waals surface area contributed by atoms with Crippen LogP contribution in [0.5, 0.6) is 5.75 Å². The molecule has 1 fully saturated rings. The van der Waals surface area contributed by atoms with E-state index < -0.39 is 0 Å². The van der Waals surface area contributed by atoms with Gasteiger partial charge in [0.25, 0.3) is 0 Å². The Balaban J connectivity index is 0.00000392. The van der Waals surface area contributed by atoms with Crippen LogP contribution in [0.4, 0.5) is 0 Å². The molecule has 6 nitrogen and oxygen atoms in total. The second kappa shape index (κ2) is 14.9. The molecule has 0 atom stereocenters. The van der Waals surface area contributed by atoms with Crippen LogP contribution >= 0.6 is 24.0 Å². The molecular weight excluding hydrogens is 469 g/mol. The zero-order chi connectivity index (χ0) is 19.3. The van der Waals surface area contributed by atoms with E-state index >= 15 is 0 Å². The quantitative estimate of drug-likeness (QED) is 0.229. The Morgan fingerprint density at radius 2 is 1.96 bits per heavy atom. The molecule has 28 heavy (non-hydrogen) atoms. The Hall–Kier alpha value is -1.06. The molecule has 1 N–H and O–H groups in total.